The van der Waals surface area contributed by atoms with Gasteiger partial charge in [0.25, 0.3) is 0 Å². The second-order valence-electron chi connectivity index (χ2n) is 8.07. The van der Waals surface area contributed by atoms with Gasteiger partial charge in [0.1, 0.15) is 5.82 Å². The van der Waals surface area contributed by atoms with E-state index < -0.39 is 0 Å². The molecule has 0 saturated heterocycles. The van der Waals surface area contributed by atoms with E-state index in [1.165, 1.54) is 69.8 Å². The molecule has 4 nitrogen and oxygen atoms in total. The fourth-order valence-electron chi connectivity index (χ4n) is 4.46. The first kappa shape index (κ1) is 17.8. The summed E-state index contributed by atoms with van der Waals surface area (Å²) >= 11 is 0. The van der Waals surface area contributed by atoms with Gasteiger partial charge in [-0.25, -0.2) is 9.97 Å². The first-order valence-electron chi connectivity index (χ1n) is 9.89. The van der Waals surface area contributed by atoms with Gasteiger partial charge in [-0.2, -0.15) is 0 Å². The normalized spacial score (nSPS) is 22.0. The van der Waals surface area contributed by atoms with Crippen LogP contribution in [0.15, 0.2) is 12.4 Å². The van der Waals surface area contributed by atoms with E-state index in [1.54, 1.807) is 0 Å². The number of hydrogen-bond donors (Lipinski definition) is 1. The fourth-order valence-corrected chi connectivity index (χ4v) is 4.46. The van der Waals surface area contributed by atoms with Crippen LogP contribution in [0.3, 0.4) is 0 Å². The summed E-state index contributed by atoms with van der Waals surface area (Å²) in [6.45, 7) is 1.94. The molecule has 3 rings (SSSR count). The van der Waals surface area contributed by atoms with Gasteiger partial charge in [-0.05, 0) is 39.8 Å². The van der Waals surface area contributed by atoms with Crippen LogP contribution in [0.25, 0.3) is 0 Å². The van der Waals surface area contributed by atoms with Gasteiger partial charge in [0.05, 0.1) is 0 Å². The Labute approximate surface area is 147 Å². The van der Waals surface area contributed by atoms with Crippen molar-refractivity contribution in [2.75, 3.05) is 20.6 Å². The second-order valence-corrected chi connectivity index (χ2v) is 8.07. The molecule has 1 heterocycles. The highest BCUT2D eigenvalue weighted by Gasteiger charge is 2.33. The van der Waals surface area contributed by atoms with E-state index in [0.29, 0.717) is 11.5 Å². The Morgan fingerprint density at radius 2 is 1.62 bits per heavy atom. The molecule has 0 atom stereocenters. The minimum absolute atomic E-state index is 0.334. The average molecular weight is 331 g/mol. The number of nitrogens with one attached hydrogen (secondary N) is 1. The molecule has 2 saturated carbocycles. The SMILES string of the molecule is CN(C)C1(CNCc2cnc(C3CCCCC3)nc2)CCCCC1. The van der Waals surface area contributed by atoms with Crippen LogP contribution >= 0.6 is 0 Å². The molecule has 4 heteroatoms. The van der Waals surface area contributed by atoms with E-state index in [-0.39, 0.29) is 0 Å². The Morgan fingerprint density at radius 3 is 2.25 bits per heavy atom. The molecule has 0 amide bonds. The van der Waals surface area contributed by atoms with Gasteiger partial charge in [-0.15, -0.1) is 0 Å². The Kier molecular flexibility index (Phi) is 6.23. The third-order valence-electron chi connectivity index (χ3n) is 6.21. The highest BCUT2D eigenvalue weighted by molar-refractivity contribution is 5.08. The number of nitrogens with zero attached hydrogens (tertiary/aromatic N) is 3. The molecular weight excluding hydrogens is 296 g/mol. The van der Waals surface area contributed by atoms with Gasteiger partial charge in [0, 0.05) is 42.5 Å². The number of rotatable bonds is 6. The molecule has 0 unspecified atom stereocenters. The lowest BCUT2D eigenvalue weighted by Crippen LogP contribution is -2.52. The summed E-state index contributed by atoms with van der Waals surface area (Å²) in [4.78, 5) is 11.7. The zero-order valence-electron chi connectivity index (χ0n) is 15.6. The van der Waals surface area contributed by atoms with E-state index in [0.717, 1.165) is 18.9 Å². The highest BCUT2D eigenvalue weighted by Crippen LogP contribution is 2.32. The molecule has 0 radical (unpaired) electrons. The average Bonchev–Trinajstić information content (AvgIpc) is 2.64. The quantitative estimate of drug-likeness (QED) is 0.859. The zero-order valence-corrected chi connectivity index (χ0v) is 15.6. The Bertz CT molecular complexity index is 485. The molecule has 0 aliphatic heterocycles. The summed E-state index contributed by atoms with van der Waals surface area (Å²) in [5.74, 6) is 1.66. The maximum absolute atomic E-state index is 4.66. The summed E-state index contributed by atoms with van der Waals surface area (Å²) in [7, 11) is 4.46. The van der Waals surface area contributed by atoms with Crippen molar-refractivity contribution >= 4 is 0 Å². The standard InChI is InChI=1S/C20H34N4/c1-24(2)20(11-7-4-8-12-20)16-21-13-17-14-22-19(23-15-17)18-9-5-3-6-10-18/h14-15,18,21H,3-13,16H2,1-2H3. The van der Waals surface area contributed by atoms with Crippen molar-refractivity contribution in [1.82, 2.24) is 20.2 Å². The van der Waals surface area contributed by atoms with E-state index >= 15 is 0 Å². The van der Waals surface area contributed by atoms with Gasteiger partial charge >= 0.3 is 0 Å². The molecule has 2 aliphatic carbocycles. The molecule has 0 spiro atoms. The lowest BCUT2D eigenvalue weighted by Gasteiger charge is -2.43. The van der Waals surface area contributed by atoms with Crippen molar-refractivity contribution in [3.8, 4) is 0 Å². The van der Waals surface area contributed by atoms with Crippen LogP contribution in [0.5, 0.6) is 0 Å². The van der Waals surface area contributed by atoms with Gasteiger partial charge in [-0.3, -0.25) is 0 Å². The van der Waals surface area contributed by atoms with Crippen molar-refractivity contribution in [3.05, 3.63) is 23.8 Å². The minimum Gasteiger partial charge on any atom is -0.311 e. The molecule has 2 aliphatic rings. The minimum atomic E-state index is 0.334. The van der Waals surface area contributed by atoms with Crippen molar-refractivity contribution in [2.24, 2.45) is 0 Å². The number of hydrogen-bond acceptors (Lipinski definition) is 4. The van der Waals surface area contributed by atoms with Crippen LogP contribution in [-0.4, -0.2) is 41.0 Å². The van der Waals surface area contributed by atoms with Crippen LogP contribution in [0.2, 0.25) is 0 Å². The van der Waals surface area contributed by atoms with Gasteiger partial charge in [-0.1, -0.05) is 38.5 Å². The first-order valence-corrected chi connectivity index (χ1v) is 9.89. The Balaban J connectivity index is 1.51. The molecule has 1 aromatic heterocycles. The predicted octanol–water partition coefficient (Wildman–Crippen LogP) is 3.88. The van der Waals surface area contributed by atoms with E-state index in [2.05, 4.69) is 34.3 Å². The van der Waals surface area contributed by atoms with E-state index in [9.17, 15) is 0 Å². The number of aromatic nitrogens is 2. The molecule has 0 aromatic carbocycles. The van der Waals surface area contributed by atoms with Gasteiger partial charge < -0.3 is 10.2 Å². The van der Waals surface area contributed by atoms with Crippen molar-refractivity contribution < 1.29 is 0 Å². The second kappa shape index (κ2) is 8.39. The summed E-state index contributed by atoms with van der Waals surface area (Å²) in [5, 5.41) is 3.67. The molecule has 0 bridgehead atoms. The van der Waals surface area contributed by atoms with Crippen LogP contribution in [0.4, 0.5) is 0 Å². The molecule has 24 heavy (non-hydrogen) atoms. The molecular formula is C20H34N4. The van der Waals surface area contributed by atoms with Crippen LogP contribution < -0.4 is 5.32 Å². The van der Waals surface area contributed by atoms with Gasteiger partial charge in [0.2, 0.25) is 0 Å². The van der Waals surface area contributed by atoms with E-state index in [4.69, 9.17) is 0 Å². The third-order valence-corrected chi connectivity index (χ3v) is 6.21. The van der Waals surface area contributed by atoms with Crippen molar-refractivity contribution in [3.63, 3.8) is 0 Å². The smallest absolute Gasteiger partial charge is 0.131 e. The summed E-state index contributed by atoms with van der Waals surface area (Å²) in [6.07, 6.45) is 17.4. The lowest BCUT2D eigenvalue weighted by atomic mass is 9.80. The number of likely N-dealkylation sites (N-methyl/N-ethyl adjacent to an activating group) is 1. The van der Waals surface area contributed by atoms with Crippen molar-refractivity contribution in [1.29, 1.82) is 0 Å². The molecule has 134 valence electrons. The zero-order chi connectivity index (χ0) is 16.8. The maximum atomic E-state index is 4.66. The molecule has 1 aromatic rings. The molecule has 2 fully saturated rings. The Hall–Kier alpha value is -1.00. The maximum Gasteiger partial charge on any atom is 0.131 e. The van der Waals surface area contributed by atoms with Crippen LogP contribution in [0, 0.1) is 0 Å². The first-order chi connectivity index (χ1) is 11.7. The highest BCUT2D eigenvalue weighted by atomic mass is 15.2. The summed E-state index contributed by atoms with van der Waals surface area (Å²) in [5.41, 5.74) is 1.54. The topological polar surface area (TPSA) is 41.0 Å². The Morgan fingerprint density at radius 1 is 1.00 bits per heavy atom. The summed E-state index contributed by atoms with van der Waals surface area (Å²) < 4.78 is 0. The van der Waals surface area contributed by atoms with Crippen molar-refractivity contribution in [2.45, 2.75) is 82.2 Å². The van der Waals surface area contributed by atoms with Gasteiger partial charge in [0.15, 0.2) is 0 Å². The van der Waals surface area contributed by atoms with Crippen LogP contribution in [0.1, 0.15) is 81.5 Å². The third kappa shape index (κ3) is 4.34. The largest absolute Gasteiger partial charge is 0.311 e. The predicted molar refractivity (Wildman–Crippen MR) is 99.1 cm³/mol. The lowest BCUT2D eigenvalue weighted by molar-refractivity contribution is 0.0983. The van der Waals surface area contributed by atoms with Crippen LogP contribution in [-0.2, 0) is 6.54 Å². The van der Waals surface area contributed by atoms with E-state index in [1.807, 2.05) is 12.4 Å². The molecule has 1 N–H and O–H groups in total. The fraction of sp³-hybridized carbons (Fsp3) is 0.800. The monoisotopic (exact) mass is 330 g/mol. The summed E-state index contributed by atoms with van der Waals surface area (Å²) in [6, 6.07) is 0.